The molecule has 0 aromatic heterocycles. The summed E-state index contributed by atoms with van der Waals surface area (Å²) in [4.78, 5) is 25.3. The zero-order valence-electron chi connectivity index (χ0n) is 32.9. The fourth-order valence-corrected chi connectivity index (χ4v) is 6.40. The number of aromatic hydroxyl groups is 2. The maximum Gasteiger partial charge on any atom is 0.306 e. The molecule has 10 heteroatoms. The first-order valence-electron chi connectivity index (χ1n) is 18.2. The fraction of sp³-hybridized carbons (Fsp3) is 0.619. The molecule has 52 heavy (non-hydrogen) atoms. The van der Waals surface area contributed by atoms with Gasteiger partial charge in [0.2, 0.25) is 0 Å². The van der Waals surface area contributed by atoms with E-state index in [1.165, 1.54) is 0 Å². The summed E-state index contributed by atoms with van der Waals surface area (Å²) in [6.45, 7) is 25.3. The van der Waals surface area contributed by atoms with Crippen molar-refractivity contribution in [2.45, 2.75) is 118 Å². The highest BCUT2D eigenvalue weighted by atomic mass is 16.7. The summed E-state index contributed by atoms with van der Waals surface area (Å²) in [6.07, 6.45) is 0.118. The van der Waals surface area contributed by atoms with Crippen molar-refractivity contribution in [3.63, 3.8) is 0 Å². The summed E-state index contributed by atoms with van der Waals surface area (Å²) in [6, 6.07) is 7.74. The summed E-state index contributed by atoms with van der Waals surface area (Å²) in [5.41, 5.74) is 4.21. The molecule has 0 unspecified atom stereocenters. The molecule has 4 rings (SSSR count). The van der Waals surface area contributed by atoms with Gasteiger partial charge in [-0.2, -0.15) is 0 Å². The standard InChI is InChI=1S/C42H60O10/c1-26-16-29(18-31(35(26)45)39(4,5)6)12-14-33(43)47-20-28(3)37-49-22-42(23-50-37)24-51-38(52-25-42)41(10,11)21-48-34(44)15-13-30-17-27(2)36(46)32(19-30)40(7,8)9/h16-19,37-38,45-46H,3,12-15,20-25H2,1-2,4-11H3. The number of aryl methyl sites for hydroxylation is 4. The van der Waals surface area contributed by atoms with E-state index in [1.54, 1.807) is 0 Å². The number of benzene rings is 2. The van der Waals surface area contributed by atoms with Crippen LogP contribution in [-0.2, 0) is 61.7 Å². The zero-order valence-corrected chi connectivity index (χ0v) is 32.9. The summed E-state index contributed by atoms with van der Waals surface area (Å²) < 4.78 is 35.4. The third-order valence-electron chi connectivity index (χ3n) is 9.73. The average Bonchev–Trinajstić information content (AvgIpc) is 3.06. The predicted molar refractivity (Wildman–Crippen MR) is 198 cm³/mol. The number of hydrogen-bond acceptors (Lipinski definition) is 10. The van der Waals surface area contributed by atoms with Crippen molar-refractivity contribution < 1.29 is 48.2 Å². The molecule has 0 saturated carbocycles. The third-order valence-corrected chi connectivity index (χ3v) is 9.73. The number of carbonyl (C=O) groups excluding carboxylic acids is 2. The minimum Gasteiger partial charge on any atom is -0.507 e. The lowest BCUT2D eigenvalue weighted by molar-refractivity contribution is -0.318. The Hall–Kier alpha value is -3.44. The Morgan fingerprint density at radius 2 is 1.15 bits per heavy atom. The van der Waals surface area contributed by atoms with Crippen molar-refractivity contribution in [3.8, 4) is 11.5 Å². The van der Waals surface area contributed by atoms with E-state index in [-0.39, 0.29) is 48.8 Å². The molecule has 0 atom stereocenters. The molecular weight excluding hydrogens is 664 g/mol. The Bertz CT molecular complexity index is 1590. The Balaban J connectivity index is 1.16. The highest BCUT2D eigenvalue weighted by molar-refractivity contribution is 5.70. The van der Waals surface area contributed by atoms with Crippen molar-refractivity contribution in [2.24, 2.45) is 10.8 Å². The lowest BCUT2D eigenvalue weighted by Gasteiger charge is -2.46. The maximum absolute atomic E-state index is 12.7. The van der Waals surface area contributed by atoms with Gasteiger partial charge in [0, 0.05) is 23.8 Å². The molecule has 0 bridgehead atoms. The van der Waals surface area contributed by atoms with E-state index in [0.29, 0.717) is 56.3 Å². The number of hydrogen-bond donors (Lipinski definition) is 2. The monoisotopic (exact) mass is 724 g/mol. The van der Waals surface area contributed by atoms with E-state index in [1.807, 2.05) is 72.7 Å². The molecule has 2 fully saturated rings. The molecule has 2 aromatic carbocycles. The van der Waals surface area contributed by atoms with Crippen LogP contribution in [0.1, 0.15) is 102 Å². The van der Waals surface area contributed by atoms with Crippen molar-refractivity contribution in [1.82, 2.24) is 0 Å². The lowest BCUT2D eigenvalue weighted by atomic mass is 9.83. The van der Waals surface area contributed by atoms with Crippen molar-refractivity contribution >= 4 is 11.9 Å². The number of phenolic OH excluding ortho intramolecular Hbond substituents is 2. The number of carbonyl (C=O) groups is 2. The van der Waals surface area contributed by atoms with Gasteiger partial charge in [0.05, 0.1) is 31.8 Å². The van der Waals surface area contributed by atoms with Crippen LogP contribution in [0.25, 0.3) is 0 Å². The number of rotatable bonds is 12. The fourth-order valence-electron chi connectivity index (χ4n) is 6.40. The first kappa shape index (κ1) is 41.3. The van der Waals surface area contributed by atoms with E-state index in [2.05, 4.69) is 27.4 Å². The normalized spacial score (nSPS) is 21.2. The van der Waals surface area contributed by atoms with Crippen LogP contribution in [0.4, 0.5) is 0 Å². The smallest absolute Gasteiger partial charge is 0.306 e. The minimum absolute atomic E-state index is 0.0210. The van der Waals surface area contributed by atoms with Crippen LogP contribution < -0.4 is 0 Å². The van der Waals surface area contributed by atoms with E-state index in [0.717, 1.165) is 33.4 Å². The zero-order chi connectivity index (χ0) is 38.6. The molecule has 2 aliphatic rings. The summed E-state index contributed by atoms with van der Waals surface area (Å²) in [5, 5.41) is 21.0. The van der Waals surface area contributed by atoms with Gasteiger partial charge < -0.3 is 38.6 Å². The average molecular weight is 725 g/mol. The SMILES string of the molecule is C=C(COC(=O)CCc1cc(C)c(O)c(C(C)(C)C)c1)C1OCC2(CO1)COC(C(C)(C)COC(=O)CCc1cc(C)c(O)c(C(C)(C)C)c1)OC2. The number of ether oxygens (including phenoxy) is 6. The molecule has 1 spiro atoms. The number of phenols is 2. The van der Waals surface area contributed by atoms with Gasteiger partial charge in [0.15, 0.2) is 12.6 Å². The molecule has 288 valence electrons. The van der Waals surface area contributed by atoms with E-state index in [4.69, 9.17) is 28.4 Å². The largest absolute Gasteiger partial charge is 0.507 e. The van der Waals surface area contributed by atoms with Crippen LogP contribution in [-0.4, -0.2) is 74.4 Å². The van der Waals surface area contributed by atoms with Gasteiger partial charge in [-0.3, -0.25) is 9.59 Å². The molecule has 2 heterocycles. The molecule has 0 radical (unpaired) electrons. The van der Waals surface area contributed by atoms with E-state index >= 15 is 0 Å². The molecule has 2 aromatic rings. The van der Waals surface area contributed by atoms with Crippen LogP contribution in [0.2, 0.25) is 0 Å². The highest BCUT2D eigenvalue weighted by Gasteiger charge is 2.46. The Morgan fingerprint density at radius 1 is 0.731 bits per heavy atom. The minimum atomic E-state index is -0.716. The van der Waals surface area contributed by atoms with Gasteiger partial charge >= 0.3 is 11.9 Å². The molecule has 0 amide bonds. The molecule has 2 aliphatic heterocycles. The second-order valence-corrected chi connectivity index (χ2v) is 17.5. The van der Waals surface area contributed by atoms with Crippen molar-refractivity contribution in [1.29, 1.82) is 0 Å². The van der Waals surface area contributed by atoms with Gasteiger partial charge in [-0.05, 0) is 70.9 Å². The van der Waals surface area contributed by atoms with Crippen LogP contribution in [0, 0.1) is 24.7 Å². The van der Waals surface area contributed by atoms with Crippen LogP contribution in [0.3, 0.4) is 0 Å². The van der Waals surface area contributed by atoms with Crippen molar-refractivity contribution in [2.75, 3.05) is 39.6 Å². The Kier molecular flexibility index (Phi) is 12.9. The van der Waals surface area contributed by atoms with Gasteiger partial charge in [-0.25, -0.2) is 0 Å². The second-order valence-electron chi connectivity index (χ2n) is 17.5. The Labute approximate surface area is 309 Å². The molecule has 2 N–H and O–H groups in total. The topological polar surface area (TPSA) is 130 Å². The van der Waals surface area contributed by atoms with Gasteiger partial charge in [0.1, 0.15) is 24.7 Å². The predicted octanol–water partition coefficient (Wildman–Crippen LogP) is 7.28. The second kappa shape index (κ2) is 16.3. The quantitative estimate of drug-likeness (QED) is 0.170. The third kappa shape index (κ3) is 10.6. The maximum atomic E-state index is 12.7. The summed E-state index contributed by atoms with van der Waals surface area (Å²) in [5.74, 6) is -0.0703. The molecule has 2 saturated heterocycles. The van der Waals surface area contributed by atoms with Gasteiger partial charge in [0.25, 0.3) is 0 Å². The highest BCUT2D eigenvalue weighted by Crippen LogP contribution is 2.38. The van der Waals surface area contributed by atoms with E-state index < -0.39 is 23.4 Å². The van der Waals surface area contributed by atoms with E-state index in [9.17, 15) is 19.8 Å². The summed E-state index contributed by atoms with van der Waals surface area (Å²) in [7, 11) is 0. The van der Waals surface area contributed by atoms with Crippen LogP contribution >= 0.6 is 0 Å². The van der Waals surface area contributed by atoms with Crippen LogP contribution in [0.15, 0.2) is 36.4 Å². The van der Waals surface area contributed by atoms with Gasteiger partial charge in [-0.15, -0.1) is 0 Å². The molecular formula is C42H60O10. The van der Waals surface area contributed by atoms with Crippen LogP contribution in [0.5, 0.6) is 11.5 Å². The lowest BCUT2D eigenvalue weighted by Crippen LogP contribution is -2.55. The number of esters is 2. The van der Waals surface area contributed by atoms with Crippen molar-refractivity contribution in [3.05, 3.63) is 69.8 Å². The first-order chi connectivity index (χ1) is 24.1. The molecule has 10 nitrogen and oxygen atoms in total. The van der Waals surface area contributed by atoms with Gasteiger partial charge in [-0.1, -0.05) is 86.2 Å². The first-order valence-corrected chi connectivity index (χ1v) is 18.2. The Morgan fingerprint density at radius 3 is 1.60 bits per heavy atom. The molecule has 0 aliphatic carbocycles. The summed E-state index contributed by atoms with van der Waals surface area (Å²) >= 11 is 0.